The maximum Gasteiger partial charge on any atom is 0.412 e. The van der Waals surface area contributed by atoms with Crippen molar-refractivity contribution in [1.29, 1.82) is 0 Å². The topological polar surface area (TPSA) is 78.8 Å². The van der Waals surface area contributed by atoms with E-state index < -0.39 is 21.8 Å². The van der Waals surface area contributed by atoms with E-state index in [1.807, 2.05) is 27.8 Å². The Labute approximate surface area is 261 Å². The van der Waals surface area contributed by atoms with Crippen LogP contribution in [-0.4, -0.2) is 78.0 Å². The Bertz CT molecular complexity index is 1610. The number of fused-ring (bicyclic) bond motifs is 2. The standard InChI is InChI=1S/C31H37ClF3N5O3S/c1-4-22(7-6-21(2)31(33,34)35)30-26-20-38(44(3,42)43)17-12-27(26)39(36-30)14-5-13-37-15-10-25(11-16-37)40-28-19-24(32)9-8-23(28)18-29(40)41/h4,6-9,19,25H,1,5,10-18,20H2,2-3H3/b21-6+,22-7+. The molecule has 44 heavy (non-hydrogen) atoms. The van der Waals surface area contributed by atoms with Gasteiger partial charge in [0.05, 0.1) is 18.4 Å². The summed E-state index contributed by atoms with van der Waals surface area (Å²) in [4.78, 5) is 17.1. The number of hydrogen-bond donors (Lipinski definition) is 0. The number of carbonyl (C=O) groups excluding carboxylic acids is 1. The van der Waals surface area contributed by atoms with Gasteiger partial charge in [-0.25, -0.2) is 8.42 Å². The summed E-state index contributed by atoms with van der Waals surface area (Å²) in [5.41, 5.74) is 3.63. The molecule has 0 saturated carbocycles. The number of likely N-dealkylation sites (tertiary alicyclic amines) is 1. The molecule has 3 aliphatic rings. The summed E-state index contributed by atoms with van der Waals surface area (Å²) >= 11 is 6.22. The molecular weight excluding hydrogens is 615 g/mol. The number of hydrogen-bond acceptors (Lipinski definition) is 5. The average molecular weight is 652 g/mol. The molecule has 8 nitrogen and oxygen atoms in total. The molecule has 0 unspecified atom stereocenters. The van der Waals surface area contributed by atoms with Crippen molar-refractivity contribution in [2.45, 2.75) is 64.3 Å². The zero-order chi connectivity index (χ0) is 31.8. The summed E-state index contributed by atoms with van der Waals surface area (Å²) < 4.78 is 67.2. The van der Waals surface area contributed by atoms with Crippen LogP contribution in [0.25, 0.3) is 5.57 Å². The Balaban J connectivity index is 1.27. The first-order valence-electron chi connectivity index (χ1n) is 14.7. The maximum atomic E-state index is 13.1. The third kappa shape index (κ3) is 6.98. The smallest absolute Gasteiger partial charge is 0.309 e. The Kier molecular flexibility index (Phi) is 9.46. The number of carbonyl (C=O) groups is 1. The second-order valence-corrected chi connectivity index (χ2v) is 14.1. The van der Waals surface area contributed by atoms with Crippen molar-refractivity contribution < 1.29 is 26.4 Å². The van der Waals surface area contributed by atoms with Crippen molar-refractivity contribution >= 4 is 38.8 Å². The number of aromatic nitrogens is 2. The van der Waals surface area contributed by atoms with Crippen LogP contribution in [0.3, 0.4) is 0 Å². The van der Waals surface area contributed by atoms with E-state index in [2.05, 4.69) is 11.5 Å². The van der Waals surface area contributed by atoms with Crippen LogP contribution < -0.4 is 4.90 Å². The van der Waals surface area contributed by atoms with Gasteiger partial charge in [0.2, 0.25) is 15.9 Å². The number of alkyl halides is 3. The fourth-order valence-electron chi connectivity index (χ4n) is 6.26. The highest BCUT2D eigenvalue weighted by Gasteiger charge is 2.35. The summed E-state index contributed by atoms with van der Waals surface area (Å²) in [5, 5.41) is 5.40. The number of piperidine rings is 1. The lowest BCUT2D eigenvalue weighted by Crippen LogP contribution is -2.46. The zero-order valence-corrected chi connectivity index (χ0v) is 26.5. The van der Waals surface area contributed by atoms with Gasteiger partial charge in [0.1, 0.15) is 0 Å². The van der Waals surface area contributed by atoms with Crippen LogP contribution in [0.15, 0.2) is 48.6 Å². The first-order chi connectivity index (χ1) is 20.8. The van der Waals surface area contributed by atoms with Gasteiger partial charge >= 0.3 is 6.18 Å². The molecule has 1 aromatic carbocycles. The van der Waals surface area contributed by atoms with Gasteiger partial charge in [-0.05, 0) is 50.4 Å². The van der Waals surface area contributed by atoms with E-state index in [1.54, 1.807) is 0 Å². The highest BCUT2D eigenvalue weighted by atomic mass is 35.5. The summed E-state index contributed by atoms with van der Waals surface area (Å²) in [7, 11) is -3.47. The van der Waals surface area contributed by atoms with Crippen LogP contribution in [0.2, 0.25) is 5.02 Å². The fraction of sp³-hybridized carbons (Fsp3) is 0.484. The molecule has 1 aromatic heterocycles. The molecule has 0 atom stereocenters. The first kappa shape index (κ1) is 32.5. The lowest BCUT2D eigenvalue weighted by molar-refractivity contribution is -0.118. The summed E-state index contributed by atoms with van der Waals surface area (Å²) in [5.74, 6) is 0.117. The molecule has 0 aliphatic carbocycles. The van der Waals surface area contributed by atoms with E-state index in [0.29, 0.717) is 47.8 Å². The van der Waals surface area contributed by atoms with Gasteiger partial charge in [-0.3, -0.25) is 9.48 Å². The lowest BCUT2D eigenvalue weighted by atomic mass is 10.0. The highest BCUT2D eigenvalue weighted by Crippen LogP contribution is 2.36. The number of rotatable bonds is 9. The number of sulfonamides is 1. The van der Waals surface area contributed by atoms with E-state index in [-0.39, 0.29) is 18.5 Å². The van der Waals surface area contributed by atoms with Crippen molar-refractivity contribution in [3.05, 3.63) is 76.1 Å². The lowest BCUT2D eigenvalue weighted by Gasteiger charge is -2.37. The fourth-order valence-corrected chi connectivity index (χ4v) is 7.21. The van der Waals surface area contributed by atoms with Crippen LogP contribution in [0.5, 0.6) is 0 Å². The van der Waals surface area contributed by atoms with Gasteiger partial charge in [-0.1, -0.05) is 42.5 Å². The van der Waals surface area contributed by atoms with Crippen molar-refractivity contribution in [2.75, 3.05) is 37.3 Å². The van der Waals surface area contributed by atoms with Crippen LogP contribution in [-0.2, 0) is 40.7 Å². The van der Waals surface area contributed by atoms with Crippen molar-refractivity contribution in [3.63, 3.8) is 0 Å². The van der Waals surface area contributed by atoms with Gasteiger partial charge in [-0.15, -0.1) is 0 Å². The van der Waals surface area contributed by atoms with E-state index in [9.17, 15) is 26.4 Å². The Morgan fingerprint density at radius 3 is 2.55 bits per heavy atom. The molecule has 5 rings (SSSR count). The molecule has 0 spiro atoms. The Hall–Kier alpha value is -2.93. The van der Waals surface area contributed by atoms with Gasteiger partial charge in [0.15, 0.2) is 0 Å². The highest BCUT2D eigenvalue weighted by molar-refractivity contribution is 7.88. The molecule has 0 radical (unpaired) electrons. The zero-order valence-electron chi connectivity index (χ0n) is 24.9. The number of allylic oxidation sites excluding steroid dienone is 5. The molecule has 13 heteroatoms. The maximum absolute atomic E-state index is 13.1. The van der Waals surface area contributed by atoms with Crippen molar-refractivity contribution in [2.24, 2.45) is 0 Å². The molecule has 0 N–H and O–H groups in total. The quantitative estimate of drug-likeness (QED) is 0.341. The van der Waals surface area contributed by atoms with E-state index in [1.165, 1.54) is 16.5 Å². The predicted octanol–water partition coefficient (Wildman–Crippen LogP) is 5.38. The SMILES string of the molecule is C=C/C(=C\C=C(/C)C(F)(F)F)c1nn(CCCN2CCC(N3C(=O)Cc4ccc(Cl)cc43)CC2)c2c1CN(S(C)(=O)=O)CC2. The van der Waals surface area contributed by atoms with Crippen LogP contribution in [0.4, 0.5) is 18.9 Å². The molecule has 1 amide bonds. The van der Waals surface area contributed by atoms with Crippen molar-refractivity contribution in [1.82, 2.24) is 19.0 Å². The Morgan fingerprint density at radius 1 is 1.16 bits per heavy atom. The number of anilines is 1. The van der Waals surface area contributed by atoms with Gasteiger partial charge in [0, 0.05) is 78.3 Å². The van der Waals surface area contributed by atoms with Crippen LogP contribution in [0.1, 0.15) is 48.7 Å². The van der Waals surface area contributed by atoms with E-state index >= 15 is 0 Å². The second kappa shape index (κ2) is 12.8. The normalized spacial score (nSPS) is 19.4. The monoisotopic (exact) mass is 651 g/mol. The number of halogens is 4. The summed E-state index contributed by atoms with van der Waals surface area (Å²) in [6.07, 6.45) is 3.85. The van der Waals surface area contributed by atoms with E-state index in [0.717, 1.165) is 75.1 Å². The third-order valence-corrected chi connectivity index (χ3v) is 10.2. The second-order valence-electron chi connectivity index (χ2n) is 11.7. The van der Waals surface area contributed by atoms with Crippen LogP contribution >= 0.6 is 11.6 Å². The molecule has 2 aromatic rings. The molecular formula is C31H37ClF3N5O3S. The first-order valence-corrected chi connectivity index (χ1v) is 16.9. The Morgan fingerprint density at radius 2 is 1.89 bits per heavy atom. The molecule has 1 saturated heterocycles. The minimum absolute atomic E-state index is 0.105. The largest absolute Gasteiger partial charge is 0.412 e. The third-order valence-electron chi connectivity index (χ3n) is 8.71. The van der Waals surface area contributed by atoms with Crippen LogP contribution in [0, 0.1) is 0 Å². The number of nitrogens with zero attached hydrogens (tertiary/aromatic N) is 5. The molecule has 1 fully saturated rings. The number of amides is 1. The number of aryl methyl sites for hydroxylation is 1. The van der Waals surface area contributed by atoms with E-state index in [4.69, 9.17) is 16.7 Å². The summed E-state index contributed by atoms with van der Waals surface area (Å²) in [6.45, 7) is 8.31. The summed E-state index contributed by atoms with van der Waals surface area (Å²) in [6, 6.07) is 5.76. The molecule has 4 heterocycles. The van der Waals surface area contributed by atoms with Crippen molar-refractivity contribution in [3.8, 4) is 0 Å². The minimum Gasteiger partial charge on any atom is -0.309 e. The minimum atomic E-state index is -4.45. The average Bonchev–Trinajstić information content (AvgIpc) is 3.49. The number of benzene rings is 1. The molecule has 3 aliphatic heterocycles. The molecule has 0 bridgehead atoms. The van der Waals surface area contributed by atoms with Gasteiger partial charge in [-0.2, -0.15) is 22.6 Å². The van der Waals surface area contributed by atoms with Gasteiger partial charge in [0.25, 0.3) is 0 Å². The predicted molar refractivity (Wildman–Crippen MR) is 166 cm³/mol. The molecule has 238 valence electrons. The van der Waals surface area contributed by atoms with Gasteiger partial charge < -0.3 is 9.80 Å².